The van der Waals surface area contributed by atoms with Gasteiger partial charge >= 0.3 is 11.9 Å². The Hall–Kier alpha value is -1.77. The SMILES string of the molecule is CCOC(=O)C1=CC2(SC=C(C(=O)OCC)S2)C2=C(S1)C(C)(C)Nc1cc(C)ccc12. The Labute approximate surface area is 195 Å². The largest absolute Gasteiger partial charge is 0.462 e. The van der Waals surface area contributed by atoms with Crippen LogP contribution < -0.4 is 5.32 Å². The molecule has 8 heteroatoms. The lowest BCUT2D eigenvalue weighted by atomic mass is 9.87. The molecule has 0 saturated heterocycles. The smallest absolute Gasteiger partial charge is 0.345 e. The monoisotopic (exact) mass is 475 g/mol. The Bertz CT molecular complexity index is 1060. The maximum absolute atomic E-state index is 12.8. The number of anilines is 1. The van der Waals surface area contributed by atoms with Crippen LogP contribution >= 0.6 is 35.3 Å². The quantitative estimate of drug-likeness (QED) is 0.558. The number of hydrogen-bond donors (Lipinski definition) is 1. The average Bonchev–Trinajstić information content (AvgIpc) is 3.12. The molecule has 0 radical (unpaired) electrons. The minimum atomic E-state index is -0.645. The number of fused-ring (bicyclic) bond motifs is 3. The molecule has 1 aromatic rings. The van der Waals surface area contributed by atoms with E-state index in [1.807, 2.05) is 11.5 Å². The second kappa shape index (κ2) is 8.30. The second-order valence-electron chi connectivity index (χ2n) is 7.92. The van der Waals surface area contributed by atoms with Crippen molar-refractivity contribution in [1.29, 1.82) is 0 Å². The number of benzene rings is 1. The van der Waals surface area contributed by atoms with E-state index < -0.39 is 9.62 Å². The Balaban J connectivity index is 1.87. The molecule has 4 rings (SSSR count). The Morgan fingerprint density at radius 2 is 1.74 bits per heavy atom. The van der Waals surface area contributed by atoms with Crippen molar-refractivity contribution in [3.8, 4) is 0 Å². The van der Waals surface area contributed by atoms with Crippen LogP contribution in [-0.2, 0) is 19.1 Å². The van der Waals surface area contributed by atoms with Gasteiger partial charge in [-0.2, -0.15) is 0 Å². The molecule has 0 saturated carbocycles. The highest BCUT2D eigenvalue weighted by Gasteiger charge is 2.51. The summed E-state index contributed by atoms with van der Waals surface area (Å²) >= 11 is 4.44. The number of ether oxygens (including phenoxy) is 2. The topological polar surface area (TPSA) is 64.6 Å². The van der Waals surface area contributed by atoms with E-state index in [2.05, 4.69) is 44.3 Å². The van der Waals surface area contributed by atoms with E-state index in [0.717, 1.165) is 21.7 Å². The number of hydrogen-bond acceptors (Lipinski definition) is 8. The molecule has 31 heavy (non-hydrogen) atoms. The van der Waals surface area contributed by atoms with Crippen LogP contribution in [0, 0.1) is 6.92 Å². The van der Waals surface area contributed by atoms with Crippen molar-refractivity contribution in [2.45, 2.75) is 44.2 Å². The third-order valence-corrected chi connectivity index (χ3v) is 9.39. The van der Waals surface area contributed by atoms with Gasteiger partial charge in [0.15, 0.2) is 0 Å². The average molecular weight is 476 g/mol. The molecule has 1 atom stereocenters. The number of carbonyl (C=O) groups is 2. The third kappa shape index (κ3) is 3.94. The molecule has 1 aromatic carbocycles. The van der Waals surface area contributed by atoms with Crippen molar-refractivity contribution in [2.24, 2.45) is 0 Å². The van der Waals surface area contributed by atoms with Gasteiger partial charge in [-0.05, 0) is 57.7 Å². The van der Waals surface area contributed by atoms with Crippen molar-refractivity contribution in [2.75, 3.05) is 18.5 Å². The van der Waals surface area contributed by atoms with Crippen molar-refractivity contribution >= 4 is 58.5 Å². The molecular formula is C23H25NO4S3. The summed E-state index contributed by atoms with van der Waals surface area (Å²) < 4.78 is 9.93. The molecule has 0 amide bonds. The Kier molecular flexibility index (Phi) is 6.00. The molecule has 0 aliphatic carbocycles. The molecule has 1 spiro atoms. The third-order valence-electron chi connectivity index (χ3n) is 5.12. The Morgan fingerprint density at radius 1 is 1.06 bits per heavy atom. The van der Waals surface area contributed by atoms with Crippen LogP contribution in [-0.4, -0.2) is 34.8 Å². The fourth-order valence-electron chi connectivity index (χ4n) is 3.84. The number of nitrogens with one attached hydrogen (secondary N) is 1. The number of aryl methyl sites for hydroxylation is 1. The van der Waals surface area contributed by atoms with Gasteiger partial charge in [0.2, 0.25) is 0 Å². The standard InChI is InChI=1S/C23H25NO4S3/c1-6-27-20(25)16-11-23(29-12-17(31-23)21(26)28-7-2)18-14-9-8-13(3)10-15(14)24-22(4,5)19(18)30-16/h8-12,24H,6-7H2,1-5H3. The van der Waals surface area contributed by atoms with Crippen molar-refractivity contribution in [1.82, 2.24) is 0 Å². The molecule has 0 fully saturated rings. The fourth-order valence-corrected chi connectivity index (χ4v) is 8.19. The number of thioether (sulfide) groups is 3. The molecule has 5 nitrogen and oxygen atoms in total. The first-order valence-corrected chi connectivity index (χ1v) is 12.7. The van der Waals surface area contributed by atoms with Crippen LogP contribution in [0.1, 0.15) is 38.8 Å². The highest BCUT2D eigenvalue weighted by molar-refractivity contribution is 8.25. The van der Waals surface area contributed by atoms with Gasteiger partial charge in [0.1, 0.15) is 8.98 Å². The first-order chi connectivity index (χ1) is 14.7. The van der Waals surface area contributed by atoms with E-state index in [0.29, 0.717) is 23.0 Å². The molecule has 1 N–H and O–H groups in total. The molecule has 3 aliphatic rings. The molecule has 0 bridgehead atoms. The van der Waals surface area contributed by atoms with Crippen LogP contribution in [0.15, 0.2) is 44.4 Å². The van der Waals surface area contributed by atoms with Crippen LogP contribution in [0.25, 0.3) is 5.57 Å². The van der Waals surface area contributed by atoms with E-state index in [9.17, 15) is 9.59 Å². The van der Waals surface area contributed by atoms with Crippen LogP contribution in [0.4, 0.5) is 5.69 Å². The maximum Gasteiger partial charge on any atom is 0.345 e. The molecule has 0 aromatic heterocycles. The van der Waals surface area contributed by atoms with E-state index in [1.165, 1.54) is 40.8 Å². The van der Waals surface area contributed by atoms with E-state index >= 15 is 0 Å². The van der Waals surface area contributed by atoms with Gasteiger partial charge in [-0.15, -0.1) is 11.8 Å². The molecular weight excluding hydrogens is 450 g/mol. The molecule has 3 heterocycles. The summed E-state index contributed by atoms with van der Waals surface area (Å²) in [5.74, 6) is -0.671. The lowest BCUT2D eigenvalue weighted by molar-refractivity contribution is -0.138. The van der Waals surface area contributed by atoms with Crippen molar-refractivity contribution < 1.29 is 19.1 Å². The van der Waals surface area contributed by atoms with E-state index in [4.69, 9.17) is 9.47 Å². The predicted octanol–water partition coefficient (Wildman–Crippen LogP) is 5.68. The summed E-state index contributed by atoms with van der Waals surface area (Å²) in [4.78, 5) is 27.4. The second-order valence-corrected chi connectivity index (χ2v) is 11.6. The number of esters is 2. The summed E-state index contributed by atoms with van der Waals surface area (Å²) in [5.41, 5.74) is 4.04. The van der Waals surface area contributed by atoms with Crippen molar-refractivity contribution in [3.63, 3.8) is 0 Å². The van der Waals surface area contributed by atoms with E-state index in [-0.39, 0.29) is 11.9 Å². The fraction of sp³-hybridized carbons (Fsp3) is 0.391. The summed E-state index contributed by atoms with van der Waals surface area (Å²) in [6.45, 7) is 10.5. The summed E-state index contributed by atoms with van der Waals surface area (Å²) in [5, 5.41) is 5.50. The summed E-state index contributed by atoms with van der Waals surface area (Å²) in [6.07, 6.45) is 1.96. The zero-order chi connectivity index (χ0) is 22.4. The van der Waals surface area contributed by atoms with Gasteiger partial charge in [-0.1, -0.05) is 35.7 Å². The van der Waals surface area contributed by atoms with Gasteiger partial charge in [-0.3, -0.25) is 0 Å². The highest BCUT2D eigenvalue weighted by atomic mass is 32.2. The zero-order valence-electron chi connectivity index (χ0n) is 18.2. The number of carbonyl (C=O) groups excluding carboxylic acids is 2. The first-order valence-electron chi connectivity index (χ1n) is 10.2. The molecule has 164 valence electrons. The minimum absolute atomic E-state index is 0.312. The summed E-state index contributed by atoms with van der Waals surface area (Å²) in [7, 11) is 0. The zero-order valence-corrected chi connectivity index (χ0v) is 20.6. The minimum Gasteiger partial charge on any atom is -0.462 e. The van der Waals surface area contributed by atoms with Gasteiger partial charge in [0.25, 0.3) is 0 Å². The van der Waals surface area contributed by atoms with Crippen molar-refractivity contribution in [3.05, 3.63) is 55.5 Å². The van der Waals surface area contributed by atoms with Crippen LogP contribution in [0.5, 0.6) is 0 Å². The lowest BCUT2D eigenvalue weighted by Crippen LogP contribution is -2.40. The first kappa shape index (κ1) is 22.4. The molecule has 1 unspecified atom stereocenters. The maximum atomic E-state index is 12.8. The Morgan fingerprint density at radius 3 is 2.42 bits per heavy atom. The van der Waals surface area contributed by atoms with Gasteiger partial charge < -0.3 is 14.8 Å². The predicted molar refractivity (Wildman–Crippen MR) is 131 cm³/mol. The van der Waals surface area contributed by atoms with E-state index in [1.54, 1.807) is 13.8 Å². The van der Waals surface area contributed by atoms with Gasteiger partial charge in [0, 0.05) is 21.7 Å². The molecule has 3 aliphatic heterocycles. The van der Waals surface area contributed by atoms with Crippen LogP contribution in [0.2, 0.25) is 0 Å². The lowest BCUT2D eigenvalue weighted by Gasteiger charge is -2.44. The van der Waals surface area contributed by atoms with Crippen LogP contribution in [0.3, 0.4) is 0 Å². The van der Waals surface area contributed by atoms with Gasteiger partial charge in [0.05, 0.1) is 23.7 Å². The highest BCUT2D eigenvalue weighted by Crippen LogP contribution is 2.65. The summed E-state index contributed by atoms with van der Waals surface area (Å²) in [6, 6.07) is 6.36. The van der Waals surface area contributed by atoms with Gasteiger partial charge in [-0.25, -0.2) is 9.59 Å². The normalized spacial score (nSPS) is 23.4. The number of rotatable bonds is 4.